The molecule has 0 aromatic rings. The van der Waals surface area contributed by atoms with Crippen LogP contribution in [0.4, 0.5) is 0 Å². The molecule has 0 spiro atoms. The van der Waals surface area contributed by atoms with Gasteiger partial charge in [-0.2, -0.15) is 0 Å². The maximum Gasteiger partial charge on any atom is 0.221 e. The number of nitrogens with one attached hydrogen (secondary N) is 2. The minimum atomic E-state index is 0.141. The number of carbonyl (C=O) groups excluding carboxylic acids is 1. The van der Waals surface area contributed by atoms with Gasteiger partial charge < -0.3 is 20.3 Å². The summed E-state index contributed by atoms with van der Waals surface area (Å²) in [7, 11) is 2.13. The van der Waals surface area contributed by atoms with E-state index in [2.05, 4.69) is 22.6 Å². The average molecular weight is 241 g/mol. The van der Waals surface area contributed by atoms with Gasteiger partial charge in [-0.25, -0.2) is 0 Å². The summed E-state index contributed by atoms with van der Waals surface area (Å²) in [5.74, 6) is 0.766. The Labute approximate surface area is 103 Å². The molecule has 98 valence electrons. The number of likely N-dealkylation sites (tertiary alicyclic amines) is 1. The number of hydrogen-bond acceptors (Lipinski definition) is 4. The van der Waals surface area contributed by atoms with Crippen LogP contribution in [0.25, 0.3) is 0 Å². The molecule has 2 unspecified atom stereocenters. The molecule has 17 heavy (non-hydrogen) atoms. The second-order valence-corrected chi connectivity index (χ2v) is 5.15. The maximum atomic E-state index is 11.7. The van der Waals surface area contributed by atoms with Crippen molar-refractivity contribution in [1.29, 1.82) is 0 Å². The van der Waals surface area contributed by atoms with E-state index >= 15 is 0 Å². The molecule has 5 heteroatoms. The van der Waals surface area contributed by atoms with Crippen molar-refractivity contribution in [3.05, 3.63) is 0 Å². The smallest absolute Gasteiger partial charge is 0.221 e. The molecule has 0 saturated carbocycles. The van der Waals surface area contributed by atoms with E-state index in [0.717, 1.165) is 32.8 Å². The average Bonchev–Trinajstić information content (AvgIpc) is 2.74. The van der Waals surface area contributed by atoms with Crippen LogP contribution < -0.4 is 10.6 Å². The number of ether oxygens (including phenoxy) is 1. The molecule has 1 amide bonds. The molecule has 2 fully saturated rings. The molecule has 2 N–H and O–H groups in total. The van der Waals surface area contributed by atoms with Gasteiger partial charge in [0.2, 0.25) is 5.91 Å². The van der Waals surface area contributed by atoms with Gasteiger partial charge in [0, 0.05) is 32.1 Å². The van der Waals surface area contributed by atoms with Crippen LogP contribution in [0.5, 0.6) is 0 Å². The van der Waals surface area contributed by atoms with E-state index in [1.165, 1.54) is 6.42 Å². The van der Waals surface area contributed by atoms with Crippen LogP contribution in [0.3, 0.4) is 0 Å². The van der Waals surface area contributed by atoms with Crippen molar-refractivity contribution < 1.29 is 9.53 Å². The van der Waals surface area contributed by atoms with Crippen molar-refractivity contribution >= 4 is 5.91 Å². The monoisotopic (exact) mass is 241 g/mol. The molecule has 0 aromatic heterocycles. The largest absolute Gasteiger partial charge is 0.378 e. The summed E-state index contributed by atoms with van der Waals surface area (Å²) < 4.78 is 5.33. The third-order valence-corrected chi connectivity index (χ3v) is 3.51. The van der Waals surface area contributed by atoms with Crippen molar-refractivity contribution in [2.24, 2.45) is 5.92 Å². The molecular weight excluding hydrogens is 218 g/mol. The highest BCUT2D eigenvalue weighted by molar-refractivity contribution is 5.76. The van der Waals surface area contributed by atoms with Crippen molar-refractivity contribution in [3.8, 4) is 0 Å². The molecule has 0 aromatic carbocycles. The van der Waals surface area contributed by atoms with Crippen LogP contribution in [0, 0.1) is 5.92 Å². The lowest BCUT2D eigenvalue weighted by Crippen LogP contribution is -2.44. The van der Waals surface area contributed by atoms with Gasteiger partial charge in [0.05, 0.1) is 13.2 Å². The first-order valence-corrected chi connectivity index (χ1v) is 6.50. The Bertz CT molecular complexity index is 254. The molecule has 0 bridgehead atoms. The zero-order valence-electron chi connectivity index (χ0n) is 10.6. The van der Waals surface area contributed by atoms with Gasteiger partial charge >= 0.3 is 0 Å². The number of rotatable bonds is 4. The van der Waals surface area contributed by atoms with E-state index in [9.17, 15) is 4.79 Å². The van der Waals surface area contributed by atoms with Crippen LogP contribution in [-0.2, 0) is 9.53 Å². The standard InChI is InChI=1S/C12H23N3O2/c1-15-4-2-10(8-15)7-14-12(16)6-11-9-17-5-3-13-11/h10-11,13H,2-9H2,1H3,(H,14,16). The third-order valence-electron chi connectivity index (χ3n) is 3.51. The fourth-order valence-electron chi connectivity index (χ4n) is 2.50. The van der Waals surface area contributed by atoms with Crippen molar-refractivity contribution in [2.75, 3.05) is 46.4 Å². The topological polar surface area (TPSA) is 53.6 Å². The van der Waals surface area contributed by atoms with Crippen LogP contribution in [0.1, 0.15) is 12.8 Å². The highest BCUT2D eigenvalue weighted by atomic mass is 16.5. The summed E-state index contributed by atoms with van der Waals surface area (Å²) >= 11 is 0. The van der Waals surface area contributed by atoms with E-state index in [0.29, 0.717) is 18.9 Å². The van der Waals surface area contributed by atoms with Gasteiger partial charge in [0.25, 0.3) is 0 Å². The molecule has 5 nitrogen and oxygen atoms in total. The molecule has 2 aliphatic heterocycles. The van der Waals surface area contributed by atoms with E-state index in [1.807, 2.05) is 0 Å². The Hall–Kier alpha value is -0.650. The second kappa shape index (κ2) is 6.33. The molecule has 2 aliphatic rings. The lowest BCUT2D eigenvalue weighted by molar-refractivity contribution is -0.122. The summed E-state index contributed by atoms with van der Waals surface area (Å²) in [4.78, 5) is 14.0. The number of nitrogens with zero attached hydrogens (tertiary/aromatic N) is 1. The van der Waals surface area contributed by atoms with Gasteiger partial charge in [-0.1, -0.05) is 0 Å². The first-order chi connectivity index (χ1) is 8.24. The van der Waals surface area contributed by atoms with Gasteiger partial charge in [0.1, 0.15) is 0 Å². The van der Waals surface area contributed by atoms with Crippen LogP contribution >= 0.6 is 0 Å². The molecule has 2 atom stereocenters. The van der Waals surface area contributed by atoms with Crippen LogP contribution in [-0.4, -0.2) is 63.3 Å². The molecule has 2 rings (SSSR count). The summed E-state index contributed by atoms with van der Waals surface area (Å²) in [5, 5.41) is 6.32. The van der Waals surface area contributed by atoms with Crippen LogP contribution in [0.2, 0.25) is 0 Å². The summed E-state index contributed by atoms with van der Waals surface area (Å²) in [6.45, 7) is 5.33. The molecule has 0 radical (unpaired) electrons. The Balaban J connectivity index is 1.60. The number of morpholine rings is 1. The van der Waals surface area contributed by atoms with Gasteiger partial charge in [-0.3, -0.25) is 4.79 Å². The summed E-state index contributed by atoms with van der Waals surface area (Å²) in [5.41, 5.74) is 0. The van der Waals surface area contributed by atoms with Gasteiger partial charge in [-0.15, -0.1) is 0 Å². The van der Waals surface area contributed by atoms with E-state index < -0.39 is 0 Å². The number of carbonyl (C=O) groups is 1. The predicted molar refractivity (Wildman–Crippen MR) is 65.8 cm³/mol. The Morgan fingerprint density at radius 1 is 1.59 bits per heavy atom. The highest BCUT2D eigenvalue weighted by Crippen LogP contribution is 2.12. The fourth-order valence-corrected chi connectivity index (χ4v) is 2.50. The Morgan fingerprint density at radius 2 is 2.47 bits per heavy atom. The highest BCUT2D eigenvalue weighted by Gasteiger charge is 2.21. The maximum absolute atomic E-state index is 11.7. The SMILES string of the molecule is CN1CCC(CNC(=O)CC2COCCN2)C1. The first-order valence-electron chi connectivity index (χ1n) is 6.50. The first kappa shape index (κ1) is 12.8. The minimum absolute atomic E-state index is 0.141. The van der Waals surface area contributed by atoms with E-state index in [1.54, 1.807) is 0 Å². The van der Waals surface area contributed by atoms with E-state index in [4.69, 9.17) is 4.74 Å². The third kappa shape index (κ3) is 4.26. The van der Waals surface area contributed by atoms with Crippen molar-refractivity contribution in [1.82, 2.24) is 15.5 Å². The minimum Gasteiger partial charge on any atom is -0.378 e. The molecule has 0 aliphatic carbocycles. The molecule has 2 heterocycles. The Morgan fingerprint density at radius 3 is 3.12 bits per heavy atom. The molecule has 2 saturated heterocycles. The molecular formula is C12H23N3O2. The van der Waals surface area contributed by atoms with E-state index in [-0.39, 0.29) is 11.9 Å². The zero-order chi connectivity index (χ0) is 12.1. The second-order valence-electron chi connectivity index (χ2n) is 5.15. The van der Waals surface area contributed by atoms with Crippen LogP contribution in [0.15, 0.2) is 0 Å². The quantitative estimate of drug-likeness (QED) is 0.692. The predicted octanol–water partition coefficient (Wildman–Crippen LogP) is -0.567. The summed E-state index contributed by atoms with van der Waals surface area (Å²) in [6, 6.07) is 0.190. The Kier molecular flexibility index (Phi) is 4.76. The normalized spacial score (nSPS) is 30.4. The van der Waals surface area contributed by atoms with Crippen molar-refractivity contribution in [2.45, 2.75) is 18.9 Å². The lowest BCUT2D eigenvalue weighted by atomic mass is 10.1. The number of amides is 1. The fraction of sp³-hybridized carbons (Fsp3) is 0.917. The van der Waals surface area contributed by atoms with Crippen molar-refractivity contribution in [3.63, 3.8) is 0 Å². The number of hydrogen-bond donors (Lipinski definition) is 2. The van der Waals surface area contributed by atoms with Gasteiger partial charge in [0.15, 0.2) is 0 Å². The zero-order valence-corrected chi connectivity index (χ0v) is 10.6. The summed E-state index contributed by atoms with van der Waals surface area (Å²) in [6.07, 6.45) is 1.73. The van der Waals surface area contributed by atoms with Gasteiger partial charge in [-0.05, 0) is 25.9 Å². The lowest BCUT2D eigenvalue weighted by Gasteiger charge is -2.23.